The fraction of sp³-hybridized carbons (Fsp3) is 0.500. The van der Waals surface area contributed by atoms with E-state index in [0.29, 0.717) is 11.6 Å². The second kappa shape index (κ2) is 8.36. The number of amides is 1. The molecule has 0 saturated carbocycles. The van der Waals surface area contributed by atoms with Gasteiger partial charge in [0, 0.05) is 19.3 Å². The Morgan fingerprint density at radius 3 is 2.77 bits per heavy atom. The Labute approximate surface area is 155 Å². The fourth-order valence-electron chi connectivity index (χ4n) is 3.40. The minimum absolute atomic E-state index is 0.0114. The molecule has 0 radical (unpaired) electrons. The molecule has 1 fully saturated rings. The number of ether oxygens (including phenoxy) is 1. The van der Waals surface area contributed by atoms with Crippen molar-refractivity contribution in [1.29, 1.82) is 0 Å². The van der Waals surface area contributed by atoms with Crippen molar-refractivity contribution in [3.05, 3.63) is 41.7 Å². The lowest BCUT2D eigenvalue weighted by Gasteiger charge is -2.31. The molecule has 1 saturated heterocycles. The van der Waals surface area contributed by atoms with E-state index < -0.39 is 0 Å². The third kappa shape index (κ3) is 4.07. The van der Waals surface area contributed by atoms with E-state index in [1.54, 1.807) is 17.9 Å². The van der Waals surface area contributed by atoms with Gasteiger partial charge in [0.2, 0.25) is 0 Å². The van der Waals surface area contributed by atoms with Gasteiger partial charge in [-0.25, -0.2) is 4.68 Å². The van der Waals surface area contributed by atoms with E-state index in [1.165, 1.54) is 0 Å². The minimum Gasteiger partial charge on any atom is -0.494 e. The third-order valence-corrected chi connectivity index (χ3v) is 4.97. The minimum atomic E-state index is 0.0114. The van der Waals surface area contributed by atoms with Crippen molar-refractivity contribution in [1.82, 2.24) is 20.0 Å². The topological polar surface area (TPSA) is 59.4 Å². The zero-order valence-corrected chi connectivity index (χ0v) is 15.9. The van der Waals surface area contributed by atoms with Gasteiger partial charge in [-0.15, -0.1) is 0 Å². The number of carbonyl (C=O) groups excluding carboxylic acids is 1. The summed E-state index contributed by atoms with van der Waals surface area (Å²) in [7, 11) is 1.64. The highest BCUT2D eigenvalue weighted by molar-refractivity contribution is 5.92. The summed E-state index contributed by atoms with van der Waals surface area (Å²) in [5.74, 6) is 1.41. The standard InChI is InChI=1S/C20H28N4O2/c1-4-21-14-16-7-10-23(11-8-16)20(25)17-9-12-24(22-17)18-13-15(2)5-6-19(18)26-3/h5-6,9,12-13,16,21H,4,7-8,10-11,14H2,1-3H3. The Kier molecular flexibility index (Phi) is 5.93. The van der Waals surface area contributed by atoms with Crippen LogP contribution in [0.5, 0.6) is 5.75 Å². The lowest BCUT2D eigenvalue weighted by Crippen LogP contribution is -2.41. The summed E-state index contributed by atoms with van der Waals surface area (Å²) in [6, 6.07) is 7.71. The van der Waals surface area contributed by atoms with Gasteiger partial charge < -0.3 is 15.0 Å². The van der Waals surface area contributed by atoms with Gasteiger partial charge in [0.25, 0.3) is 5.91 Å². The molecule has 0 bridgehead atoms. The molecule has 1 aromatic heterocycles. The maximum absolute atomic E-state index is 12.8. The van der Waals surface area contributed by atoms with Gasteiger partial charge in [0.05, 0.1) is 7.11 Å². The number of benzene rings is 1. The zero-order chi connectivity index (χ0) is 18.5. The van der Waals surface area contributed by atoms with Crippen molar-refractivity contribution in [3.63, 3.8) is 0 Å². The molecule has 0 spiro atoms. The second-order valence-electron chi connectivity index (χ2n) is 6.86. The van der Waals surface area contributed by atoms with E-state index in [4.69, 9.17) is 4.74 Å². The monoisotopic (exact) mass is 356 g/mol. The van der Waals surface area contributed by atoms with Crippen LogP contribution in [-0.4, -0.2) is 53.9 Å². The maximum atomic E-state index is 12.8. The summed E-state index contributed by atoms with van der Waals surface area (Å²) in [6.45, 7) is 7.79. The number of hydrogen-bond donors (Lipinski definition) is 1. The van der Waals surface area contributed by atoms with Crippen molar-refractivity contribution in [3.8, 4) is 11.4 Å². The molecule has 0 aliphatic carbocycles. The number of aryl methyl sites for hydroxylation is 1. The molecule has 3 rings (SSSR count). The molecular formula is C20H28N4O2. The van der Waals surface area contributed by atoms with Gasteiger partial charge in [-0.1, -0.05) is 13.0 Å². The van der Waals surface area contributed by atoms with Gasteiger partial charge in [0.15, 0.2) is 5.69 Å². The maximum Gasteiger partial charge on any atom is 0.274 e. The van der Waals surface area contributed by atoms with Gasteiger partial charge in [-0.05, 0) is 62.5 Å². The molecular weight excluding hydrogens is 328 g/mol. The highest BCUT2D eigenvalue weighted by Gasteiger charge is 2.25. The van der Waals surface area contributed by atoms with Crippen LogP contribution in [0.15, 0.2) is 30.5 Å². The van der Waals surface area contributed by atoms with E-state index in [-0.39, 0.29) is 5.91 Å². The Morgan fingerprint density at radius 2 is 2.08 bits per heavy atom. The predicted octanol–water partition coefficient (Wildman–Crippen LogP) is 2.65. The molecule has 6 heteroatoms. The molecule has 1 aliphatic rings. The SMILES string of the molecule is CCNCC1CCN(C(=O)c2ccn(-c3cc(C)ccc3OC)n2)CC1. The number of aromatic nitrogens is 2. The second-order valence-corrected chi connectivity index (χ2v) is 6.86. The summed E-state index contributed by atoms with van der Waals surface area (Å²) in [6.07, 6.45) is 3.92. The normalized spacial score (nSPS) is 15.3. The first-order chi connectivity index (χ1) is 12.6. The van der Waals surface area contributed by atoms with Gasteiger partial charge in [-0.3, -0.25) is 4.79 Å². The molecule has 26 heavy (non-hydrogen) atoms. The number of nitrogens with one attached hydrogen (secondary N) is 1. The molecule has 2 heterocycles. The van der Waals surface area contributed by atoms with Crippen LogP contribution < -0.4 is 10.1 Å². The Balaban J connectivity index is 1.69. The van der Waals surface area contributed by atoms with Crippen LogP contribution in [0, 0.1) is 12.8 Å². The molecule has 0 atom stereocenters. The van der Waals surface area contributed by atoms with Crippen molar-refractivity contribution in [2.24, 2.45) is 5.92 Å². The molecule has 1 aliphatic heterocycles. The summed E-state index contributed by atoms with van der Waals surface area (Å²) in [5, 5.41) is 7.91. The predicted molar refractivity (Wildman–Crippen MR) is 102 cm³/mol. The summed E-state index contributed by atoms with van der Waals surface area (Å²) in [5.41, 5.74) is 2.45. The number of hydrogen-bond acceptors (Lipinski definition) is 4. The first kappa shape index (κ1) is 18.5. The Bertz CT molecular complexity index is 748. The van der Waals surface area contributed by atoms with Crippen LogP contribution in [0.2, 0.25) is 0 Å². The first-order valence-corrected chi connectivity index (χ1v) is 9.33. The summed E-state index contributed by atoms with van der Waals surface area (Å²) in [4.78, 5) is 14.7. The average molecular weight is 356 g/mol. The lowest BCUT2D eigenvalue weighted by atomic mass is 9.96. The number of likely N-dealkylation sites (tertiary alicyclic amines) is 1. The quantitative estimate of drug-likeness (QED) is 0.864. The Hall–Kier alpha value is -2.34. The first-order valence-electron chi connectivity index (χ1n) is 9.33. The van der Waals surface area contributed by atoms with Gasteiger partial charge in [0.1, 0.15) is 11.4 Å². The van der Waals surface area contributed by atoms with Crippen molar-refractivity contribution in [2.45, 2.75) is 26.7 Å². The van der Waals surface area contributed by atoms with Crippen LogP contribution >= 0.6 is 0 Å². The summed E-state index contributed by atoms with van der Waals surface area (Å²) < 4.78 is 7.14. The average Bonchev–Trinajstić information content (AvgIpc) is 3.16. The van der Waals surface area contributed by atoms with Crippen molar-refractivity contribution >= 4 is 5.91 Å². The van der Waals surface area contributed by atoms with E-state index in [1.807, 2.05) is 36.2 Å². The lowest BCUT2D eigenvalue weighted by molar-refractivity contribution is 0.0684. The van der Waals surface area contributed by atoms with E-state index in [2.05, 4.69) is 17.3 Å². The third-order valence-electron chi connectivity index (χ3n) is 4.97. The highest BCUT2D eigenvalue weighted by Crippen LogP contribution is 2.24. The van der Waals surface area contributed by atoms with Crippen LogP contribution in [0.1, 0.15) is 35.8 Å². The smallest absolute Gasteiger partial charge is 0.274 e. The zero-order valence-electron chi connectivity index (χ0n) is 15.9. The largest absolute Gasteiger partial charge is 0.494 e. The van der Waals surface area contributed by atoms with Crippen LogP contribution in [0.3, 0.4) is 0 Å². The van der Waals surface area contributed by atoms with Crippen molar-refractivity contribution < 1.29 is 9.53 Å². The van der Waals surface area contributed by atoms with Crippen LogP contribution in [0.4, 0.5) is 0 Å². The van der Waals surface area contributed by atoms with Gasteiger partial charge in [-0.2, -0.15) is 5.10 Å². The molecule has 1 N–H and O–H groups in total. The number of rotatable bonds is 6. The van der Waals surface area contributed by atoms with Crippen LogP contribution in [0.25, 0.3) is 5.69 Å². The fourth-order valence-corrected chi connectivity index (χ4v) is 3.40. The number of piperidine rings is 1. The summed E-state index contributed by atoms with van der Waals surface area (Å²) >= 11 is 0. The van der Waals surface area contributed by atoms with Gasteiger partial charge >= 0.3 is 0 Å². The van der Waals surface area contributed by atoms with E-state index in [0.717, 1.165) is 56.0 Å². The highest BCUT2D eigenvalue weighted by atomic mass is 16.5. The molecule has 1 amide bonds. The molecule has 140 valence electrons. The van der Waals surface area contributed by atoms with Crippen molar-refractivity contribution in [2.75, 3.05) is 33.3 Å². The number of methoxy groups -OCH3 is 1. The Morgan fingerprint density at radius 1 is 1.31 bits per heavy atom. The molecule has 0 unspecified atom stereocenters. The number of nitrogens with zero attached hydrogens (tertiary/aromatic N) is 3. The molecule has 6 nitrogen and oxygen atoms in total. The van der Waals surface area contributed by atoms with E-state index >= 15 is 0 Å². The molecule has 2 aromatic rings. The number of carbonyl (C=O) groups is 1. The molecule has 1 aromatic carbocycles. The van der Waals surface area contributed by atoms with Crippen LogP contribution in [-0.2, 0) is 0 Å². The van der Waals surface area contributed by atoms with E-state index in [9.17, 15) is 4.79 Å².